The fraction of sp³-hybridized carbons (Fsp3) is 0.0909. The maximum Gasteiger partial charge on any atom is 0.264 e. The third kappa shape index (κ3) is 4.66. The van der Waals surface area contributed by atoms with E-state index in [9.17, 15) is 18.0 Å². The van der Waals surface area contributed by atoms with Crippen LogP contribution < -0.4 is 15.4 Å². The number of nitrogens with one attached hydrogen (secondary N) is 1. The molecule has 0 aliphatic rings. The third-order valence-electron chi connectivity index (χ3n) is 4.41. The van der Waals surface area contributed by atoms with E-state index in [0.29, 0.717) is 5.69 Å². The summed E-state index contributed by atoms with van der Waals surface area (Å²) in [6, 6.07) is 21.0. The van der Waals surface area contributed by atoms with E-state index in [1.54, 1.807) is 54.6 Å². The molecular formula is C22H21N3O4S. The Hall–Kier alpha value is -3.65. The van der Waals surface area contributed by atoms with Crippen LogP contribution >= 0.6 is 0 Å². The molecule has 3 aromatic carbocycles. The van der Waals surface area contributed by atoms with E-state index in [1.165, 1.54) is 24.3 Å². The molecule has 0 unspecified atom stereocenters. The first-order valence-corrected chi connectivity index (χ1v) is 10.6. The van der Waals surface area contributed by atoms with Gasteiger partial charge in [-0.15, -0.1) is 0 Å². The van der Waals surface area contributed by atoms with Crippen LogP contribution in [0.4, 0.5) is 11.4 Å². The minimum Gasteiger partial charge on any atom is -0.366 e. The average Bonchev–Trinajstić information content (AvgIpc) is 2.73. The van der Waals surface area contributed by atoms with E-state index in [4.69, 9.17) is 5.73 Å². The summed E-state index contributed by atoms with van der Waals surface area (Å²) in [6.07, 6.45) is 0. The van der Waals surface area contributed by atoms with Crippen LogP contribution in [0.25, 0.3) is 0 Å². The molecule has 0 saturated carbocycles. The molecule has 0 aliphatic heterocycles. The van der Waals surface area contributed by atoms with Gasteiger partial charge in [0, 0.05) is 0 Å². The van der Waals surface area contributed by atoms with Crippen molar-refractivity contribution < 1.29 is 18.0 Å². The summed E-state index contributed by atoms with van der Waals surface area (Å²) in [5.41, 5.74) is 6.96. The molecule has 0 saturated heterocycles. The largest absolute Gasteiger partial charge is 0.366 e. The number of carbonyl (C=O) groups is 2. The van der Waals surface area contributed by atoms with Crippen LogP contribution in [0, 0.1) is 6.92 Å². The molecule has 0 atom stereocenters. The van der Waals surface area contributed by atoms with E-state index < -0.39 is 28.4 Å². The highest BCUT2D eigenvalue weighted by molar-refractivity contribution is 7.92. The van der Waals surface area contributed by atoms with Gasteiger partial charge in [0.1, 0.15) is 6.54 Å². The quantitative estimate of drug-likeness (QED) is 0.609. The second-order valence-corrected chi connectivity index (χ2v) is 8.48. The molecule has 0 fully saturated rings. The maximum absolute atomic E-state index is 13.3. The van der Waals surface area contributed by atoms with Crippen molar-refractivity contribution in [1.82, 2.24) is 0 Å². The molecule has 30 heavy (non-hydrogen) atoms. The Bertz CT molecular complexity index is 1160. The van der Waals surface area contributed by atoms with Crippen molar-refractivity contribution in [2.24, 2.45) is 5.73 Å². The Labute approximate surface area is 175 Å². The first-order valence-electron chi connectivity index (χ1n) is 9.12. The number of rotatable bonds is 7. The van der Waals surface area contributed by atoms with Crippen LogP contribution in [0.15, 0.2) is 83.8 Å². The van der Waals surface area contributed by atoms with Crippen LogP contribution in [0.5, 0.6) is 0 Å². The highest BCUT2D eigenvalue weighted by atomic mass is 32.2. The van der Waals surface area contributed by atoms with Crippen molar-refractivity contribution >= 4 is 33.2 Å². The number of hydrogen-bond donors (Lipinski definition) is 2. The topological polar surface area (TPSA) is 110 Å². The number of hydrogen-bond acceptors (Lipinski definition) is 4. The average molecular weight is 423 g/mol. The molecule has 0 heterocycles. The third-order valence-corrected chi connectivity index (χ3v) is 6.20. The number of para-hydroxylation sites is 2. The van der Waals surface area contributed by atoms with Crippen molar-refractivity contribution in [3.8, 4) is 0 Å². The maximum atomic E-state index is 13.3. The van der Waals surface area contributed by atoms with Crippen molar-refractivity contribution in [1.29, 1.82) is 0 Å². The lowest BCUT2D eigenvalue weighted by Gasteiger charge is -2.24. The molecule has 2 amide bonds. The Morgan fingerprint density at radius 1 is 0.900 bits per heavy atom. The lowest BCUT2D eigenvalue weighted by Crippen LogP contribution is -2.38. The first kappa shape index (κ1) is 21.1. The molecule has 0 bridgehead atoms. The normalized spacial score (nSPS) is 11.0. The van der Waals surface area contributed by atoms with Crippen LogP contribution in [-0.4, -0.2) is 26.8 Å². The second kappa shape index (κ2) is 8.79. The van der Waals surface area contributed by atoms with E-state index in [-0.39, 0.29) is 16.1 Å². The predicted octanol–water partition coefficient (Wildman–Crippen LogP) is 2.93. The number of sulfonamides is 1. The van der Waals surface area contributed by atoms with Gasteiger partial charge >= 0.3 is 0 Å². The number of benzene rings is 3. The zero-order valence-corrected chi connectivity index (χ0v) is 17.1. The zero-order valence-electron chi connectivity index (χ0n) is 16.3. The van der Waals surface area contributed by atoms with Crippen molar-refractivity contribution in [3.63, 3.8) is 0 Å². The smallest absolute Gasteiger partial charge is 0.264 e. The lowest BCUT2D eigenvalue weighted by atomic mass is 10.1. The number of carbonyl (C=O) groups excluding carboxylic acids is 2. The standard InChI is InChI=1S/C22H21N3O4S/c1-16-11-13-18(14-12-16)30(28,29)25(17-7-3-2-4-8-17)15-21(26)24-20-10-6-5-9-19(20)22(23)27/h2-14H,15H2,1H3,(H2,23,27)(H,24,26). The Balaban J connectivity index is 1.94. The molecule has 0 radical (unpaired) electrons. The summed E-state index contributed by atoms with van der Waals surface area (Å²) >= 11 is 0. The van der Waals surface area contributed by atoms with E-state index in [2.05, 4.69) is 5.32 Å². The summed E-state index contributed by atoms with van der Waals surface area (Å²) in [6.45, 7) is 1.38. The fourth-order valence-corrected chi connectivity index (χ4v) is 4.29. The van der Waals surface area contributed by atoms with E-state index in [1.807, 2.05) is 6.92 Å². The molecule has 154 valence electrons. The van der Waals surface area contributed by atoms with E-state index in [0.717, 1.165) is 9.87 Å². The van der Waals surface area contributed by atoms with Crippen LogP contribution in [0.3, 0.4) is 0 Å². The first-order chi connectivity index (χ1) is 14.3. The summed E-state index contributed by atoms with van der Waals surface area (Å²) in [5, 5.41) is 2.58. The van der Waals surface area contributed by atoms with Gasteiger partial charge in [0.25, 0.3) is 15.9 Å². The lowest BCUT2D eigenvalue weighted by molar-refractivity contribution is -0.114. The molecule has 3 N–H and O–H groups in total. The molecular weight excluding hydrogens is 402 g/mol. The second-order valence-electron chi connectivity index (χ2n) is 6.62. The Kier molecular flexibility index (Phi) is 6.17. The summed E-state index contributed by atoms with van der Waals surface area (Å²) < 4.78 is 27.6. The molecule has 0 aromatic heterocycles. The molecule has 3 rings (SSSR count). The summed E-state index contributed by atoms with van der Waals surface area (Å²) in [4.78, 5) is 24.4. The van der Waals surface area contributed by atoms with Gasteiger partial charge in [-0.1, -0.05) is 48.0 Å². The number of aryl methyl sites for hydroxylation is 1. The zero-order chi connectivity index (χ0) is 21.7. The predicted molar refractivity (Wildman–Crippen MR) is 116 cm³/mol. The van der Waals surface area contributed by atoms with Gasteiger partial charge in [-0.2, -0.15) is 0 Å². The van der Waals surface area contributed by atoms with Gasteiger partial charge in [0.15, 0.2) is 0 Å². The van der Waals surface area contributed by atoms with Crippen LogP contribution in [0.2, 0.25) is 0 Å². The fourth-order valence-electron chi connectivity index (χ4n) is 2.87. The molecule has 7 nitrogen and oxygen atoms in total. The number of primary amides is 1. The number of amides is 2. The van der Waals surface area contributed by atoms with E-state index >= 15 is 0 Å². The number of anilines is 2. The van der Waals surface area contributed by atoms with Crippen molar-refractivity contribution in [2.75, 3.05) is 16.2 Å². The SMILES string of the molecule is Cc1ccc(S(=O)(=O)N(CC(=O)Nc2ccccc2C(N)=O)c2ccccc2)cc1. The molecule has 0 spiro atoms. The summed E-state index contributed by atoms with van der Waals surface area (Å²) in [5.74, 6) is -1.30. The number of nitrogens with zero attached hydrogens (tertiary/aromatic N) is 1. The van der Waals surface area contributed by atoms with Crippen molar-refractivity contribution in [3.05, 3.63) is 90.0 Å². The summed E-state index contributed by atoms with van der Waals surface area (Å²) in [7, 11) is -4.00. The van der Waals surface area contributed by atoms with Gasteiger partial charge in [0.05, 0.1) is 21.8 Å². The molecule has 0 aliphatic carbocycles. The monoisotopic (exact) mass is 423 g/mol. The van der Waals surface area contributed by atoms with Crippen molar-refractivity contribution in [2.45, 2.75) is 11.8 Å². The highest BCUT2D eigenvalue weighted by Crippen LogP contribution is 2.24. The molecule has 8 heteroatoms. The van der Waals surface area contributed by atoms with Crippen LogP contribution in [-0.2, 0) is 14.8 Å². The Morgan fingerprint density at radius 3 is 2.13 bits per heavy atom. The van der Waals surface area contributed by atoms with Gasteiger partial charge in [0.2, 0.25) is 5.91 Å². The minimum absolute atomic E-state index is 0.0716. The Morgan fingerprint density at radius 2 is 1.50 bits per heavy atom. The van der Waals surface area contributed by atoms with Gasteiger partial charge < -0.3 is 11.1 Å². The minimum atomic E-state index is -4.00. The van der Waals surface area contributed by atoms with Gasteiger partial charge in [-0.05, 0) is 43.3 Å². The van der Waals surface area contributed by atoms with Gasteiger partial charge in [-0.25, -0.2) is 8.42 Å². The number of nitrogens with two attached hydrogens (primary N) is 1. The van der Waals surface area contributed by atoms with Crippen LogP contribution in [0.1, 0.15) is 15.9 Å². The van der Waals surface area contributed by atoms with Gasteiger partial charge in [-0.3, -0.25) is 13.9 Å². The molecule has 3 aromatic rings. The highest BCUT2D eigenvalue weighted by Gasteiger charge is 2.27.